The van der Waals surface area contributed by atoms with Crippen molar-refractivity contribution in [2.45, 2.75) is 6.54 Å². The number of nitrogens with zero attached hydrogens (tertiary/aromatic N) is 3. The number of furan rings is 1. The largest absolute Gasteiger partial charge is 0.480 e. The third kappa shape index (κ3) is 3.90. The number of aromatic nitrogens is 2. The first-order valence-corrected chi connectivity index (χ1v) is 5.98. The highest BCUT2D eigenvalue weighted by Crippen LogP contribution is 2.17. The average Bonchev–Trinajstić information content (AvgIpc) is 3.05. The summed E-state index contributed by atoms with van der Waals surface area (Å²) in [4.78, 5) is 16.6. The fourth-order valence-electron chi connectivity index (χ4n) is 1.64. The number of carbonyl (C=O) groups is 1. The Kier molecular flexibility index (Phi) is 4.85. The Morgan fingerprint density at radius 1 is 1.55 bits per heavy atom. The van der Waals surface area contributed by atoms with Crippen LogP contribution in [-0.4, -0.2) is 52.9 Å². The van der Waals surface area contributed by atoms with Crippen LogP contribution in [0.5, 0.6) is 0 Å². The minimum atomic E-state index is -0.921. The number of hydrogen-bond acceptors (Lipinski definition) is 7. The summed E-state index contributed by atoms with van der Waals surface area (Å²) in [6.07, 6.45) is 1.51. The molecule has 0 spiro atoms. The van der Waals surface area contributed by atoms with Crippen LogP contribution in [0.1, 0.15) is 5.82 Å². The number of aliphatic carboxylic acids is 1. The molecule has 1 N–H and O–H groups in total. The van der Waals surface area contributed by atoms with Gasteiger partial charge in [0.05, 0.1) is 26.0 Å². The van der Waals surface area contributed by atoms with Gasteiger partial charge in [0.2, 0.25) is 0 Å². The Morgan fingerprint density at radius 2 is 2.40 bits per heavy atom. The number of rotatable bonds is 8. The topological polar surface area (TPSA) is 102 Å². The van der Waals surface area contributed by atoms with E-state index in [1.807, 2.05) is 0 Å². The van der Waals surface area contributed by atoms with Gasteiger partial charge < -0.3 is 18.8 Å². The van der Waals surface area contributed by atoms with Crippen LogP contribution in [0, 0.1) is 0 Å². The van der Waals surface area contributed by atoms with E-state index in [2.05, 4.69) is 10.1 Å². The van der Waals surface area contributed by atoms with Crippen LogP contribution in [0.4, 0.5) is 0 Å². The normalized spacial score (nSPS) is 11.1. The van der Waals surface area contributed by atoms with Crippen LogP contribution < -0.4 is 0 Å². The van der Waals surface area contributed by atoms with E-state index < -0.39 is 5.97 Å². The molecule has 0 unspecified atom stereocenters. The van der Waals surface area contributed by atoms with Gasteiger partial charge in [0, 0.05) is 13.7 Å². The Labute approximate surface area is 114 Å². The van der Waals surface area contributed by atoms with Crippen molar-refractivity contribution in [1.82, 2.24) is 15.0 Å². The molecule has 2 aromatic heterocycles. The van der Waals surface area contributed by atoms with Gasteiger partial charge in [0.15, 0.2) is 11.6 Å². The average molecular weight is 281 g/mol. The summed E-state index contributed by atoms with van der Waals surface area (Å²) in [6.45, 7) is 1.04. The second-order valence-corrected chi connectivity index (χ2v) is 4.09. The quantitative estimate of drug-likeness (QED) is 0.760. The first kappa shape index (κ1) is 14.2. The van der Waals surface area contributed by atoms with E-state index in [-0.39, 0.29) is 19.0 Å². The Hall–Kier alpha value is -2.19. The highest BCUT2D eigenvalue weighted by Gasteiger charge is 2.16. The zero-order valence-electron chi connectivity index (χ0n) is 11.0. The Morgan fingerprint density at radius 3 is 3.05 bits per heavy atom. The molecule has 0 aliphatic heterocycles. The van der Waals surface area contributed by atoms with Crippen LogP contribution in [0.15, 0.2) is 27.3 Å². The summed E-state index contributed by atoms with van der Waals surface area (Å²) in [5.74, 6) is 0.224. The van der Waals surface area contributed by atoms with E-state index in [1.54, 1.807) is 24.1 Å². The molecule has 2 aromatic rings. The maximum absolute atomic E-state index is 10.8. The van der Waals surface area contributed by atoms with Crippen LogP contribution in [0.2, 0.25) is 0 Å². The van der Waals surface area contributed by atoms with Gasteiger partial charge in [-0.05, 0) is 12.1 Å². The number of hydrogen-bond donors (Lipinski definition) is 1. The molecule has 0 aliphatic carbocycles. The van der Waals surface area contributed by atoms with Gasteiger partial charge >= 0.3 is 5.97 Å². The molecule has 0 aliphatic rings. The molecule has 0 saturated heterocycles. The predicted molar refractivity (Wildman–Crippen MR) is 66.8 cm³/mol. The van der Waals surface area contributed by atoms with Gasteiger partial charge in [-0.25, -0.2) is 0 Å². The van der Waals surface area contributed by atoms with E-state index in [1.165, 1.54) is 6.26 Å². The second-order valence-electron chi connectivity index (χ2n) is 4.09. The van der Waals surface area contributed by atoms with Crippen molar-refractivity contribution in [1.29, 1.82) is 0 Å². The monoisotopic (exact) mass is 281 g/mol. The zero-order chi connectivity index (χ0) is 14.4. The third-order valence-electron chi connectivity index (χ3n) is 2.54. The SMILES string of the molecule is COCCN(CC(=O)O)Cc1noc(-c2ccco2)n1. The molecular formula is C12H15N3O5. The lowest BCUT2D eigenvalue weighted by Gasteiger charge is -2.17. The number of methoxy groups -OCH3 is 1. The minimum absolute atomic E-state index is 0.117. The molecule has 8 heteroatoms. The molecule has 20 heavy (non-hydrogen) atoms. The van der Waals surface area contributed by atoms with Gasteiger partial charge in [-0.2, -0.15) is 4.98 Å². The number of carboxylic acids is 1. The molecule has 0 amide bonds. The molecular weight excluding hydrogens is 266 g/mol. The van der Waals surface area contributed by atoms with E-state index in [0.717, 1.165) is 0 Å². The standard InChI is InChI=1S/C12H15N3O5/c1-18-6-4-15(8-11(16)17)7-10-13-12(20-14-10)9-3-2-5-19-9/h2-3,5H,4,6-8H2,1H3,(H,16,17). The molecule has 0 radical (unpaired) electrons. The van der Waals surface area contributed by atoms with Gasteiger partial charge in [0.25, 0.3) is 5.89 Å². The maximum Gasteiger partial charge on any atom is 0.317 e. The molecule has 0 bridgehead atoms. The first-order chi connectivity index (χ1) is 9.69. The molecule has 108 valence electrons. The maximum atomic E-state index is 10.8. The molecule has 2 rings (SSSR count). The van der Waals surface area contributed by atoms with E-state index in [4.69, 9.17) is 18.8 Å². The van der Waals surface area contributed by atoms with Gasteiger partial charge in [0.1, 0.15) is 0 Å². The Balaban J connectivity index is 2.00. The molecule has 0 saturated carbocycles. The van der Waals surface area contributed by atoms with Crippen LogP contribution in [0.3, 0.4) is 0 Å². The molecule has 0 fully saturated rings. The van der Waals surface area contributed by atoms with Crippen LogP contribution in [0.25, 0.3) is 11.7 Å². The predicted octanol–water partition coefficient (Wildman–Crippen LogP) is 0.863. The lowest BCUT2D eigenvalue weighted by atomic mass is 10.4. The number of carboxylic acid groups (broad SMARTS) is 1. The molecule has 2 heterocycles. The van der Waals surface area contributed by atoms with Crippen molar-refractivity contribution in [2.75, 3.05) is 26.8 Å². The summed E-state index contributed by atoms with van der Waals surface area (Å²) in [6, 6.07) is 3.42. The lowest BCUT2D eigenvalue weighted by Crippen LogP contribution is -2.32. The van der Waals surface area contributed by atoms with Crippen molar-refractivity contribution in [2.24, 2.45) is 0 Å². The molecule has 8 nitrogen and oxygen atoms in total. The van der Waals surface area contributed by atoms with Crippen molar-refractivity contribution >= 4 is 5.97 Å². The molecule has 0 aromatic carbocycles. The van der Waals surface area contributed by atoms with Crippen LogP contribution >= 0.6 is 0 Å². The van der Waals surface area contributed by atoms with E-state index in [0.29, 0.717) is 24.7 Å². The van der Waals surface area contributed by atoms with Crippen LogP contribution in [-0.2, 0) is 16.1 Å². The summed E-state index contributed by atoms with van der Waals surface area (Å²) in [5.41, 5.74) is 0. The van der Waals surface area contributed by atoms with Gasteiger partial charge in [-0.15, -0.1) is 0 Å². The molecule has 0 atom stereocenters. The zero-order valence-corrected chi connectivity index (χ0v) is 11.0. The highest BCUT2D eigenvalue weighted by molar-refractivity contribution is 5.69. The summed E-state index contributed by atoms with van der Waals surface area (Å²) in [5, 5.41) is 12.7. The van der Waals surface area contributed by atoms with Crippen molar-refractivity contribution in [3.05, 3.63) is 24.2 Å². The van der Waals surface area contributed by atoms with E-state index in [9.17, 15) is 4.79 Å². The van der Waals surface area contributed by atoms with E-state index >= 15 is 0 Å². The first-order valence-electron chi connectivity index (χ1n) is 5.98. The van der Waals surface area contributed by atoms with Gasteiger partial charge in [-0.1, -0.05) is 5.16 Å². The second kappa shape index (κ2) is 6.83. The van der Waals surface area contributed by atoms with Crippen molar-refractivity contribution in [3.8, 4) is 11.7 Å². The van der Waals surface area contributed by atoms with Crippen molar-refractivity contribution in [3.63, 3.8) is 0 Å². The van der Waals surface area contributed by atoms with Gasteiger partial charge in [-0.3, -0.25) is 9.69 Å². The fourth-order valence-corrected chi connectivity index (χ4v) is 1.64. The lowest BCUT2D eigenvalue weighted by molar-refractivity contribution is -0.138. The minimum Gasteiger partial charge on any atom is -0.480 e. The Bertz CT molecular complexity index is 537. The van der Waals surface area contributed by atoms with Crippen molar-refractivity contribution < 1.29 is 23.6 Å². The highest BCUT2D eigenvalue weighted by atomic mass is 16.5. The summed E-state index contributed by atoms with van der Waals surface area (Å²) in [7, 11) is 1.56. The third-order valence-corrected chi connectivity index (χ3v) is 2.54. The summed E-state index contributed by atoms with van der Waals surface area (Å²) >= 11 is 0. The smallest absolute Gasteiger partial charge is 0.317 e. The summed E-state index contributed by atoms with van der Waals surface area (Å²) < 4.78 is 15.1. The fraction of sp³-hybridized carbons (Fsp3) is 0.417. The number of ether oxygens (including phenoxy) is 1.